The smallest absolute Gasteiger partial charge is 0.0594 e. The minimum atomic E-state index is 0.882. The Balaban J connectivity index is 1.35. The second-order valence-electron chi connectivity index (χ2n) is 6.47. The van der Waals surface area contributed by atoms with Gasteiger partial charge >= 0.3 is 0 Å². The maximum absolute atomic E-state index is 5.43. The summed E-state index contributed by atoms with van der Waals surface area (Å²) in [4.78, 5) is 5.16. The van der Waals surface area contributed by atoms with Crippen molar-refractivity contribution in [3.8, 4) is 0 Å². The van der Waals surface area contributed by atoms with Gasteiger partial charge in [-0.1, -0.05) is 42.5 Å². The monoisotopic (exact) mass is 300 g/mol. The number of hydrogen-bond donors (Lipinski definition) is 0. The lowest BCUT2D eigenvalue weighted by atomic mass is 9.96. The van der Waals surface area contributed by atoms with Crippen LogP contribution in [0.15, 0.2) is 36.4 Å². The maximum Gasteiger partial charge on any atom is 0.0594 e. The van der Waals surface area contributed by atoms with Crippen molar-refractivity contribution >= 4 is 6.08 Å². The van der Waals surface area contributed by atoms with Crippen molar-refractivity contribution in [1.82, 2.24) is 9.80 Å². The number of rotatable bonds is 5. The zero-order valence-corrected chi connectivity index (χ0v) is 13.5. The third-order valence-electron chi connectivity index (χ3n) is 4.80. The lowest BCUT2D eigenvalue weighted by Crippen LogP contribution is -2.42. The van der Waals surface area contributed by atoms with Crippen molar-refractivity contribution in [3.05, 3.63) is 42.0 Å². The Labute approximate surface area is 134 Å². The van der Waals surface area contributed by atoms with E-state index in [-0.39, 0.29) is 0 Å². The highest BCUT2D eigenvalue weighted by atomic mass is 16.5. The van der Waals surface area contributed by atoms with Gasteiger partial charge in [-0.3, -0.25) is 9.80 Å². The standard InChI is InChI=1S/C19H28N2O/c1-2-5-18(6-3-1)7-4-10-20-11-8-19(9-12-20)17-21-13-15-22-16-14-21/h1-7,19H,8-17H2/b7-4-. The first kappa shape index (κ1) is 15.7. The van der Waals surface area contributed by atoms with Crippen molar-refractivity contribution in [2.75, 3.05) is 52.5 Å². The van der Waals surface area contributed by atoms with E-state index in [1.807, 2.05) is 0 Å². The van der Waals surface area contributed by atoms with E-state index in [1.54, 1.807) is 0 Å². The van der Waals surface area contributed by atoms with Gasteiger partial charge in [0.1, 0.15) is 0 Å². The summed E-state index contributed by atoms with van der Waals surface area (Å²) in [5.41, 5.74) is 1.30. The molecule has 1 aromatic carbocycles. The van der Waals surface area contributed by atoms with Crippen LogP contribution < -0.4 is 0 Å². The topological polar surface area (TPSA) is 15.7 Å². The van der Waals surface area contributed by atoms with Gasteiger partial charge in [-0.05, 0) is 37.4 Å². The van der Waals surface area contributed by atoms with Crippen molar-refractivity contribution in [2.45, 2.75) is 12.8 Å². The third-order valence-corrected chi connectivity index (χ3v) is 4.80. The molecule has 2 saturated heterocycles. The molecule has 0 radical (unpaired) electrons. The van der Waals surface area contributed by atoms with E-state index < -0.39 is 0 Å². The zero-order chi connectivity index (χ0) is 15.0. The van der Waals surface area contributed by atoms with Crippen LogP contribution in [-0.2, 0) is 4.74 Å². The molecule has 120 valence electrons. The van der Waals surface area contributed by atoms with Crippen LogP contribution in [0.3, 0.4) is 0 Å². The lowest BCUT2D eigenvalue weighted by Gasteiger charge is -2.35. The number of morpholine rings is 1. The van der Waals surface area contributed by atoms with Gasteiger partial charge in [0.05, 0.1) is 13.2 Å². The molecule has 2 aliphatic heterocycles. The van der Waals surface area contributed by atoms with Gasteiger partial charge in [0.15, 0.2) is 0 Å². The molecule has 0 amide bonds. The molecule has 0 N–H and O–H groups in total. The fourth-order valence-corrected chi connectivity index (χ4v) is 3.40. The number of likely N-dealkylation sites (tertiary alicyclic amines) is 1. The summed E-state index contributed by atoms with van der Waals surface area (Å²) in [6.07, 6.45) is 7.23. The summed E-state index contributed by atoms with van der Waals surface area (Å²) < 4.78 is 5.43. The number of hydrogen-bond acceptors (Lipinski definition) is 3. The summed E-state index contributed by atoms with van der Waals surface area (Å²) >= 11 is 0. The summed E-state index contributed by atoms with van der Waals surface area (Å²) in [5, 5.41) is 0. The number of ether oxygens (including phenoxy) is 1. The van der Waals surface area contributed by atoms with Gasteiger partial charge in [-0.25, -0.2) is 0 Å². The average molecular weight is 300 g/mol. The van der Waals surface area contributed by atoms with E-state index in [1.165, 1.54) is 38.0 Å². The molecule has 2 fully saturated rings. The Kier molecular flexibility index (Phi) is 6.05. The van der Waals surface area contributed by atoms with Crippen molar-refractivity contribution in [2.24, 2.45) is 5.92 Å². The molecule has 3 heteroatoms. The van der Waals surface area contributed by atoms with Gasteiger partial charge in [0, 0.05) is 26.2 Å². The van der Waals surface area contributed by atoms with E-state index in [0.717, 1.165) is 38.8 Å². The number of nitrogens with zero attached hydrogens (tertiary/aromatic N) is 2. The highest BCUT2D eigenvalue weighted by Crippen LogP contribution is 2.19. The van der Waals surface area contributed by atoms with Gasteiger partial charge in [0.2, 0.25) is 0 Å². The molecule has 22 heavy (non-hydrogen) atoms. The van der Waals surface area contributed by atoms with E-state index in [2.05, 4.69) is 52.3 Å². The van der Waals surface area contributed by atoms with Crippen LogP contribution in [0.5, 0.6) is 0 Å². The molecule has 0 saturated carbocycles. The number of piperidine rings is 1. The SMILES string of the molecule is C(=C/c1ccccc1)/CN1CCC(CN2CCOCC2)CC1. The van der Waals surface area contributed by atoms with E-state index >= 15 is 0 Å². The third kappa shape index (κ3) is 4.94. The Bertz CT molecular complexity index is 446. The van der Waals surface area contributed by atoms with Crippen LogP contribution in [0.25, 0.3) is 6.08 Å². The molecule has 0 aliphatic carbocycles. The maximum atomic E-state index is 5.43. The van der Waals surface area contributed by atoms with Crippen LogP contribution in [0.2, 0.25) is 0 Å². The van der Waals surface area contributed by atoms with Crippen LogP contribution in [0.1, 0.15) is 18.4 Å². The minimum absolute atomic E-state index is 0.882. The second-order valence-corrected chi connectivity index (χ2v) is 6.47. The largest absolute Gasteiger partial charge is 0.379 e. The zero-order valence-electron chi connectivity index (χ0n) is 13.5. The Morgan fingerprint density at radius 2 is 1.68 bits per heavy atom. The van der Waals surface area contributed by atoms with E-state index in [9.17, 15) is 0 Å². The Morgan fingerprint density at radius 3 is 2.41 bits per heavy atom. The first-order valence-corrected chi connectivity index (χ1v) is 8.64. The van der Waals surface area contributed by atoms with Crippen molar-refractivity contribution in [3.63, 3.8) is 0 Å². The fourth-order valence-electron chi connectivity index (χ4n) is 3.40. The molecule has 0 atom stereocenters. The molecule has 3 rings (SSSR count). The molecule has 0 unspecified atom stereocenters. The summed E-state index contributed by atoms with van der Waals surface area (Å²) in [6, 6.07) is 10.6. The van der Waals surface area contributed by atoms with Crippen LogP contribution in [0.4, 0.5) is 0 Å². The Hall–Kier alpha value is -1.16. The fraction of sp³-hybridized carbons (Fsp3) is 0.579. The lowest BCUT2D eigenvalue weighted by molar-refractivity contribution is 0.0250. The van der Waals surface area contributed by atoms with E-state index in [4.69, 9.17) is 4.74 Å². The van der Waals surface area contributed by atoms with Gasteiger partial charge in [0.25, 0.3) is 0 Å². The Morgan fingerprint density at radius 1 is 0.955 bits per heavy atom. The molecule has 1 aromatic rings. The molecular formula is C19H28N2O. The molecule has 2 aliphatic rings. The predicted octanol–water partition coefficient (Wildman–Crippen LogP) is 2.74. The normalized spacial score (nSPS) is 22.4. The first-order valence-electron chi connectivity index (χ1n) is 8.64. The highest BCUT2D eigenvalue weighted by Gasteiger charge is 2.21. The molecule has 0 aromatic heterocycles. The highest BCUT2D eigenvalue weighted by molar-refractivity contribution is 5.48. The molecule has 3 nitrogen and oxygen atoms in total. The van der Waals surface area contributed by atoms with Crippen molar-refractivity contribution < 1.29 is 4.74 Å². The first-order chi connectivity index (χ1) is 10.9. The molecule has 0 bridgehead atoms. The van der Waals surface area contributed by atoms with Crippen molar-refractivity contribution in [1.29, 1.82) is 0 Å². The average Bonchev–Trinajstić information content (AvgIpc) is 2.58. The summed E-state index contributed by atoms with van der Waals surface area (Å²) in [5.74, 6) is 0.882. The minimum Gasteiger partial charge on any atom is -0.379 e. The number of benzene rings is 1. The van der Waals surface area contributed by atoms with Crippen LogP contribution >= 0.6 is 0 Å². The van der Waals surface area contributed by atoms with Crippen LogP contribution in [0, 0.1) is 5.92 Å². The summed E-state index contributed by atoms with van der Waals surface area (Å²) in [6.45, 7) is 8.94. The quantitative estimate of drug-likeness (QED) is 0.831. The van der Waals surface area contributed by atoms with E-state index in [0.29, 0.717) is 0 Å². The molecule has 2 heterocycles. The van der Waals surface area contributed by atoms with Gasteiger partial charge in [-0.2, -0.15) is 0 Å². The summed E-state index contributed by atoms with van der Waals surface area (Å²) in [7, 11) is 0. The second kappa shape index (κ2) is 8.47. The van der Waals surface area contributed by atoms with Crippen LogP contribution in [-0.4, -0.2) is 62.3 Å². The van der Waals surface area contributed by atoms with Gasteiger partial charge in [-0.15, -0.1) is 0 Å². The predicted molar refractivity (Wildman–Crippen MR) is 91.9 cm³/mol. The van der Waals surface area contributed by atoms with Gasteiger partial charge < -0.3 is 4.74 Å². The molecular weight excluding hydrogens is 272 g/mol. The molecule has 0 spiro atoms.